The molecule has 3 heterocycles. The van der Waals surface area contributed by atoms with E-state index in [9.17, 15) is 18.0 Å². The molecule has 1 saturated carbocycles. The average Bonchev–Trinajstić information content (AvgIpc) is 3.73. The molecule has 2 aromatic carbocycles. The Hall–Kier alpha value is -4.57. The van der Waals surface area contributed by atoms with Gasteiger partial charge in [-0.05, 0) is 36.1 Å². The molecule has 2 N–H and O–H groups in total. The molecule has 0 amide bonds. The van der Waals surface area contributed by atoms with Gasteiger partial charge in [-0.15, -0.1) is 0 Å². The number of alkyl halides is 3. The van der Waals surface area contributed by atoms with Gasteiger partial charge in [0.25, 0.3) is 0 Å². The number of fused-ring (bicyclic) bond motifs is 1. The molecule has 0 aliphatic heterocycles. The molecule has 0 radical (unpaired) electrons. The predicted molar refractivity (Wildman–Crippen MR) is 158 cm³/mol. The molecular weight excluding hydrogens is 555 g/mol. The van der Waals surface area contributed by atoms with Crippen LogP contribution in [0.5, 0.6) is 0 Å². The van der Waals surface area contributed by atoms with Gasteiger partial charge in [-0.25, -0.2) is 9.78 Å². The van der Waals surface area contributed by atoms with Gasteiger partial charge in [-0.3, -0.25) is 10.1 Å². The summed E-state index contributed by atoms with van der Waals surface area (Å²) in [5.74, 6) is -2.12. The number of carbonyl (C=O) groups is 1. The van der Waals surface area contributed by atoms with Gasteiger partial charge in [0, 0.05) is 53.0 Å². The van der Waals surface area contributed by atoms with Gasteiger partial charge in [-0.1, -0.05) is 67.4 Å². The molecule has 1 fully saturated rings. The summed E-state index contributed by atoms with van der Waals surface area (Å²) in [5.41, 5.74) is 6.87. The van der Waals surface area contributed by atoms with Crippen LogP contribution in [0.1, 0.15) is 31.2 Å². The molecule has 0 saturated heterocycles. The van der Waals surface area contributed by atoms with Crippen molar-refractivity contribution in [2.45, 2.75) is 38.4 Å². The molecule has 1 aliphatic carbocycles. The van der Waals surface area contributed by atoms with Crippen LogP contribution in [0.15, 0.2) is 85.3 Å². The smallest absolute Gasteiger partial charge is 0.458 e. The highest BCUT2D eigenvalue weighted by atomic mass is 19.4. The molecule has 5 aromatic rings. The van der Waals surface area contributed by atoms with Crippen molar-refractivity contribution >= 4 is 16.9 Å². The summed E-state index contributed by atoms with van der Waals surface area (Å²) in [6.45, 7) is 0.772. The van der Waals surface area contributed by atoms with Crippen molar-refractivity contribution in [1.29, 1.82) is 0 Å². The van der Waals surface area contributed by atoms with Crippen LogP contribution < -0.4 is 5.32 Å². The first-order chi connectivity index (χ1) is 20.8. The van der Waals surface area contributed by atoms with Crippen LogP contribution >= 0.6 is 0 Å². The molecule has 0 atom stereocenters. The second kappa shape index (κ2) is 12.0. The highest BCUT2D eigenvalue weighted by molar-refractivity contribution is 5.98. The third kappa shape index (κ3) is 6.29. The van der Waals surface area contributed by atoms with E-state index in [-0.39, 0.29) is 6.61 Å². The SMILES string of the molecule is O=C(OCC1(CNCc2ccc(-c3nc4ccnc(-c5cn[nH]c5)c4cc3-c3ccccc3)cc2)CCCC1)C(F)(F)F. The molecule has 220 valence electrons. The number of esters is 1. The Morgan fingerprint density at radius 1 is 0.953 bits per heavy atom. The van der Waals surface area contributed by atoms with Crippen molar-refractivity contribution in [2.75, 3.05) is 13.2 Å². The van der Waals surface area contributed by atoms with E-state index in [1.54, 1.807) is 12.4 Å². The lowest BCUT2D eigenvalue weighted by molar-refractivity contribution is -0.202. The third-order valence-corrected chi connectivity index (χ3v) is 8.06. The van der Waals surface area contributed by atoms with E-state index in [1.165, 1.54) is 0 Å². The van der Waals surface area contributed by atoms with Crippen LogP contribution in [-0.2, 0) is 16.1 Å². The third-order valence-electron chi connectivity index (χ3n) is 8.06. The lowest BCUT2D eigenvalue weighted by Crippen LogP contribution is -2.38. The highest BCUT2D eigenvalue weighted by Crippen LogP contribution is 2.39. The number of H-pyrrole nitrogens is 1. The van der Waals surface area contributed by atoms with Crippen molar-refractivity contribution in [1.82, 2.24) is 25.5 Å². The number of nitrogens with one attached hydrogen (secondary N) is 2. The van der Waals surface area contributed by atoms with Gasteiger partial charge >= 0.3 is 12.1 Å². The van der Waals surface area contributed by atoms with Crippen LogP contribution in [0.4, 0.5) is 13.2 Å². The Balaban J connectivity index is 1.23. The number of rotatable bonds is 9. The van der Waals surface area contributed by atoms with Crippen molar-refractivity contribution < 1.29 is 22.7 Å². The Labute approximate surface area is 246 Å². The molecule has 3 aromatic heterocycles. The number of pyridine rings is 2. The van der Waals surface area contributed by atoms with Gasteiger partial charge in [0.2, 0.25) is 0 Å². The van der Waals surface area contributed by atoms with E-state index in [2.05, 4.69) is 43.4 Å². The Kier molecular flexibility index (Phi) is 7.94. The van der Waals surface area contributed by atoms with Crippen LogP contribution in [0.3, 0.4) is 0 Å². The predicted octanol–water partition coefficient (Wildman–Crippen LogP) is 7.11. The number of nitrogens with zero attached hydrogens (tertiary/aromatic N) is 3. The molecule has 43 heavy (non-hydrogen) atoms. The van der Waals surface area contributed by atoms with Crippen LogP contribution in [0.25, 0.3) is 44.5 Å². The minimum Gasteiger partial charge on any atom is -0.458 e. The van der Waals surface area contributed by atoms with Crippen molar-refractivity contribution in [2.24, 2.45) is 5.41 Å². The fourth-order valence-electron chi connectivity index (χ4n) is 5.81. The summed E-state index contributed by atoms with van der Waals surface area (Å²) in [5, 5.41) is 11.2. The fourth-order valence-corrected chi connectivity index (χ4v) is 5.81. The Morgan fingerprint density at radius 3 is 2.42 bits per heavy atom. The van der Waals surface area contributed by atoms with Crippen molar-refractivity contribution in [3.63, 3.8) is 0 Å². The average molecular weight is 586 g/mol. The van der Waals surface area contributed by atoms with E-state index in [0.717, 1.165) is 75.8 Å². The Bertz CT molecular complexity index is 1700. The minimum absolute atomic E-state index is 0.231. The van der Waals surface area contributed by atoms with Gasteiger partial charge < -0.3 is 10.1 Å². The highest BCUT2D eigenvalue weighted by Gasteiger charge is 2.43. The van der Waals surface area contributed by atoms with E-state index >= 15 is 0 Å². The zero-order valence-corrected chi connectivity index (χ0v) is 23.3. The second-order valence-corrected chi connectivity index (χ2v) is 11.0. The van der Waals surface area contributed by atoms with Crippen LogP contribution in [0, 0.1) is 5.41 Å². The standard InChI is InChI=1S/C33H30F3N5O2/c34-33(35,36)31(42)43-21-32(13-4-5-14-32)20-37-17-22-8-10-24(11-9-22)30-26(23-6-2-1-3-7-23)16-27-28(41-30)12-15-38-29(27)25-18-39-40-19-25/h1-3,6-12,15-16,18-19,37H,4-5,13-14,17,20-21H2,(H,39,40). The molecule has 0 unspecified atom stereocenters. The zero-order chi connectivity index (χ0) is 29.9. The van der Waals surface area contributed by atoms with Gasteiger partial charge in [0.05, 0.1) is 29.7 Å². The fraction of sp³-hybridized carbons (Fsp3) is 0.273. The molecule has 7 nitrogen and oxygen atoms in total. The van der Waals surface area contributed by atoms with Gasteiger partial charge in [-0.2, -0.15) is 18.3 Å². The molecule has 0 spiro atoms. The summed E-state index contributed by atoms with van der Waals surface area (Å²) in [6, 6.07) is 22.2. The first kappa shape index (κ1) is 28.5. The lowest BCUT2D eigenvalue weighted by Gasteiger charge is -2.29. The number of aromatic nitrogens is 4. The summed E-state index contributed by atoms with van der Waals surface area (Å²) in [7, 11) is 0. The topological polar surface area (TPSA) is 92.8 Å². The van der Waals surface area contributed by atoms with E-state index in [4.69, 9.17) is 4.98 Å². The zero-order valence-electron chi connectivity index (χ0n) is 23.3. The maximum absolute atomic E-state index is 12.6. The van der Waals surface area contributed by atoms with Crippen molar-refractivity contribution in [3.8, 4) is 33.6 Å². The number of hydrogen-bond donors (Lipinski definition) is 2. The second-order valence-electron chi connectivity index (χ2n) is 11.0. The molecule has 1 aliphatic rings. The van der Waals surface area contributed by atoms with Crippen LogP contribution in [-0.4, -0.2) is 45.5 Å². The number of ether oxygens (including phenoxy) is 1. The molecule has 6 rings (SSSR count). The maximum atomic E-state index is 12.6. The first-order valence-corrected chi connectivity index (χ1v) is 14.2. The van der Waals surface area contributed by atoms with E-state index < -0.39 is 17.6 Å². The summed E-state index contributed by atoms with van der Waals surface area (Å²) in [4.78, 5) is 21.0. The first-order valence-electron chi connectivity index (χ1n) is 14.2. The maximum Gasteiger partial charge on any atom is 0.490 e. The quantitative estimate of drug-likeness (QED) is 0.179. The summed E-state index contributed by atoms with van der Waals surface area (Å²) >= 11 is 0. The molecule has 10 heteroatoms. The molecular formula is C33H30F3N5O2. The summed E-state index contributed by atoms with van der Waals surface area (Å²) in [6.07, 6.45) is 3.58. The largest absolute Gasteiger partial charge is 0.490 e. The van der Waals surface area contributed by atoms with E-state index in [1.807, 2.05) is 54.7 Å². The van der Waals surface area contributed by atoms with Crippen molar-refractivity contribution in [3.05, 3.63) is 90.9 Å². The number of benzene rings is 2. The number of aromatic amines is 1. The minimum atomic E-state index is -4.98. The van der Waals surface area contributed by atoms with Gasteiger partial charge in [0.15, 0.2) is 0 Å². The lowest BCUT2D eigenvalue weighted by atomic mass is 9.87. The number of halogens is 3. The Morgan fingerprint density at radius 2 is 1.72 bits per heavy atom. The summed E-state index contributed by atoms with van der Waals surface area (Å²) < 4.78 is 42.6. The number of carbonyl (C=O) groups excluding carboxylic acids is 1. The van der Waals surface area contributed by atoms with Gasteiger partial charge in [0.1, 0.15) is 0 Å². The molecule has 0 bridgehead atoms. The van der Waals surface area contributed by atoms with E-state index in [0.29, 0.717) is 13.1 Å². The monoisotopic (exact) mass is 585 g/mol. The normalized spacial score (nSPS) is 14.7. The number of hydrogen-bond acceptors (Lipinski definition) is 6. The van der Waals surface area contributed by atoms with Crippen LogP contribution in [0.2, 0.25) is 0 Å².